The Balaban J connectivity index is 0.00000128. The predicted molar refractivity (Wildman–Crippen MR) is 73.4 cm³/mol. The van der Waals surface area contributed by atoms with Crippen molar-refractivity contribution in [3.63, 3.8) is 0 Å². The van der Waals surface area contributed by atoms with Gasteiger partial charge in [-0.05, 0) is 29.0 Å². The first kappa shape index (κ1) is 13.2. The first-order valence-corrected chi connectivity index (χ1v) is 6.07. The Hall–Kier alpha value is -0.830. The van der Waals surface area contributed by atoms with Crippen LogP contribution in [-0.2, 0) is 6.42 Å². The number of hydrogen-bond donors (Lipinski definition) is 1. The maximum absolute atomic E-state index is 6.16. The summed E-state index contributed by atoms with van der Waals surface area (Å²) in [5, 5.41) is 2.07. The Morgan fingerprint density at radius 3 is 2.38 bits per heavy atom. The Labute approximate surface area is 107 Å². The normalized spacial score (nSPS) is 11.9. The monoisotopic (exact) mass is 253 g/mol. The average Bonchev–Trinajstić information content (AvgIpc) is 2.82. The number of nitrogens with two attached hydrogens (primary N) is 1. The topological polar surface area (TPSA) is 26.0 Å². The van der Waals surface area contributed by atoms with Gasteiger partial charge in [-0.2, -0.15) is 0 Å². The lowest BCUT2D eigenvalue weighted by atomic mass is 10.0. The standard InChI is InChI=1S/C13H15NS.ClH/c1-2-10-5-7-11(8-6-10)13(14)12-4-3-9-15-12;/h3-9,13H,2,14H2,1H3;1H/t13-;/m0./s1. The zero-order valence-electron chi connectivity index (χ0n) is 9.22. The molecule has 0 amide bonds. The summed E-state index contributed by atoms with van der Waals surface area (Å²) in [7, 11) is 0. The van der Waals surface area contributed by atoms with E-state index in [4.69, 9.17) is 5.73 Å². The minimum atomic E-state index is 0. The average molecular weight is 254 g/mol. The van der Waals surface area contributed by atoms with Crippen LogP contribution in [0, 0.1) is 0 Å². The van der Waals surface area contributed by atoms with E-state index in [1.807, 2.05) is 6.07 Å². The van der Waals surface area contributed by atoms with Crippen LogP contribution in [0.3, 0.4) is 0 Å². The minimum Gasteiger partial charge on any atom is -0.320 e. The van der Waals surface area contributed by atoms with Crippen molar-refractivity contribution < 1.29 is 0 Å². The smallest absolute Gasteiger partial charge is 0.0645 e. The van der Waals surface area contributed by atoms with Gasteiger partial charge >= 0.3 is 0 Å². The van der Waals surface area contributed by atoms with Crippen LogP contribution in [-0.4, -0.2) is 0 Å². The maximum atomic E-state index is 6.16. The third-order valence-electron chi connectivity index (χ3n) is 2.60. The van der Waals surface area contributed by atoms with Gasteiger partial charge in [-0.1, -0.05) is 37.3 Å². The van der Waals surface area contributed by atoms with Crippen molar-refractivity contribution in [1.82, 2.24) is 0 Å². The second-order valence-electron chi connectivity index (χ2n) is 3.59. The van der Waals surface area contributed by atoms with Crippen LogP contribution < -0.4 is 5.73 Å². The largest absolute Gasteiger partial charge is 0.320 e. The third kappa shape index (κ3) is 2.85. The van der Waals surface area contributed by atoms with E-state index in [1.54, 1.807) is 11.3 Å². The molecule has 2 rings (SSSR count). The molecule has 0 unspecified atom stereocenters. The summed E-state index contributed by atoms with van der Waals surface area (Å²) in [5.74, 6) is 0. The zero-order valence-corrected chi connectivity index (χ0v) is 10.9. The molecule has 2 N–H and O–H groups in total. The molecular formula is C13H16ClNS. The van der Waals surface area contributed by atoms with Crippen LogP contribution in [0.15, 0.2) is 41.8 Å². The molecule has 0 saturated heterocycles. The predicted octanol–water partition coefficient (Wildman–Crippen LogP) is 3.78. The summed E-state index contributed by atoms with van der Waals surface area (Å²) < 4.78 is 0. The lowest BCUT2D eigenvalue weighted by Gasteiger charge is -2.10. The van der Waals surface area contributed by atoms with Crippen molar-refractivity contribution in [2.45, 2.75) is 19.4 Å². The van der Waals surface area contributed by atoms with Crippen molar-refractivity contribution in [2.75, 3.05) is 0 Å². The second kappa shape index (κ2) is 6.04. The van der Waals surface area contributed by atoms with Gasteiger partial charge in [-0.15, -0.1) is 23.7 Å². The molecule has 0 spiro atoms. The molecule has 16 heavy (non-hydrogen) atoms. The van der Waals surface area contributed by atoms with Gasteiger partial charge < -0.3 is 5.73 Å². The zero-order chi connectivity index (χ0) is 10.7. The van der Waals surface area contributed by atoms with Crippen molar-refractivity contribution in [2.24, 2.45) is 5.73 Å². The summed E-state index contributed by atoms with van der Waals surface area (Å²) in [6.45, 7) is 2.16. The van der Waals surface area contributed by atoms with Gasteiger partial charge in [0.1, 0.15) is 0 Å². The first-order chi connectivity index (χ1) is 7.31. The molecule has 3 heteroatoms. The van der Waals surface area contributed by atoms with Gasteiger partial charge in [0.15, 0.2) is 0 Å². The molecule has 2 aromatic rings. The van der Waals surface area contributed by atoms with Crippen LogP contribution in [0.5, 0.6) is 0 Å². The fraction of sp³-hybridized carbons (Fsp3) is 0.231. The van der Waals surface area contributed by atoms with E-state index < -0.39 is 0 Å². The molecule has 0 aliphatic carbocycles. The highest BCUT2D eigenvalue weighted by molar-refractivity contribution is 7.10. The summed E-state index contributed by atoms with van der Waals surface area (Å²) in [6, 6.07) is 12.7. The second-order valence-corrected chi connectivity index (χ2v) is 4.57. The van der Waals surface area contributed by atoms with Gasteiger partial charge in [0.05, 0.1) is 6.04 Å². The van der Waals surface area contributed by atoms with Crippen LogP contribution in [0.4, 0.5) is 0 Å². The number of halogens is 1. The van der Waals surface area contributed by atoms with E-state index in [1.165, 1.54) is 16.0 Å². The number of aryl methyl sites for hydroxylation is 1. The summed E-state index contributed by atoms with van der Waals surface area (Å²) >= 11 is 1.71. The van der Waals surface area contributed by atoms with Gasteiger partial charge in [0.25, 0.3) is 0 Å². The van der Waals surface area contributed by atoms with E-state index in [-0.39, 0.29) is 18.4 Å². The lowest BCUT2D eigenvalue weighted by molar-refractivity contribution is 0.891. The Morgan fingerprint density at radius 1 is 1.19 bits per heavy atom. The van der Waals surface area contributed by atoms with Crippen LogP contribution in [0.1, 0.15) is 29.0 Å². The minimum absolute atomic E-state index is 0. The van der Waals surface area contributed by atoms with Crippen molar-refractivity contribution in [3.8, 4) is 0 Å². The number of benzene rings is 1. The van der Waals surface area contributed by atoms with E-state index in [2.05, 4.69) is 42.6 Å². The third-order valence-corrected chi connectivity index (χ3v) is 3.55. The molecule has 1 atom stereocenters. The molecule has 0 aliphatic heterocycles. The highest BCUT2D eigenvalue weighted by atomic mass is 35.5. The highest BCUT2D eigenvalue weighted by Gasteiger charge is 2.08. The maximum Gasteiger partial charge on any atom is 0.0645 e. The molecule has 1 aromatic carbocycles. The molecular weight excluding hydrogens is 238 g/mol. The number of rotatable bonds is 3. The lowest BCUT2D eigenvalue weighted by Crippen LogP contribution is -2.09. The molecule has 86 valence electrons. The summed E-state index contributed by atoms with van der Waals surface area (Å²) in [5.41, 5.74) is 8.71. The van der Waals surface area contributed by atoms with Crippen molar-refractivity contribution in [3.05, 3.63) is 57.8 Å². The fourth-order valence-electron chi connectivity index (χ4n) is 1.59. The van der Waals surface area contributed by atoms with Gasteiger partial charge in [-0.25, -0.2) is 0 Å². The van der Waals surface area contributed by atoms with E-state index in [0.717, 1.165) is 6.42 Å². The van der Waals surface area contributed by atoms with Gasteiger partial charge in [0, 0.05) is 4.88 Å². The van der Waals surface area contributed by atoms with Crippen molar-refractivity contribution in [1.29, 1.82) is 0 Å². The Morgan fingerprint density at radius 2 is 1.88 bits per heavy atom. The summed E-state index contributed by atoms with van der Waals surface area (Å²) in [4.78, 5) is 1.22. The molecule has 1 aromatic heterocycles. The van der Waals surface area contributed by atoms with E-state index >= 15 is 0 Å². The molecule has 0 radical (unpaired) electrons. The van der Waals surface area contributed by atoms with E-state index in [0.29, 0.717) is 0 Å². The fourth-order valence-corrected chi connectivity index (χ4v) is 2.35. The summed E-state index contributed by atoms with van der Waals surface area (Å²) in [6.07, 6.45) is 1.08. The number of thiophene rings is 1. The quantitative estimate of drug-likeness (QED) is 0.885. The Kier molecular flexibility index (Phi) is 5.00. The molecule has 1 nitrogen and oxygen atoms in total. The van der Waals surface area contributed by atoms with Crippen molar-refractivity contribution >= 4 is 23.7 Å². The van der Waals surface area contributed by atoms with Crippen LogP contribution >= 0.6 is 23.7 Å². The molecule has 0 bridgehead atoms. The highest BCUT2D eigenvalue weighted by Crippen LogP contribution is 2.23. The van der Waals surface area contributed by atoms with Gasteiger partial charge in [-0.3, -0.25) is 0 Å². The molecule has 0 fully saturated rings. The molecule has 0 saturated carbocycles. The van der Waals surface area contributed by atoms with Crippen LogP contribution in [0.25, 0.3) is 0 Å². The van der Waals surface area contributed by atoms with Gasteiger partial charge in [0.2, 0.25) is 0 Å². The first-order valence-electron chi connectivity index (χ1n) is 5.19. The SMILES string of the molecule is CCc1ccc([C@H](N)c2cccs2)cc1.Cl. The van der Waals surface area contributed by atoms with E-state index in [9.17, 15) is 0 Å². The molecule has 1 heterocycles. The molecule has 0 aliphatic rings. The Bertz CT molecular complexity index is 408. The van der Waals surface area contributed by atoms with Crippen LogP contribution in [0.2, 0.25) is 0 Å². The number of hydrogen-bond acceptors (Lipinski definition) is 2.